The number of hydrogen-bond donors (Lipinski definition) is 0. The first kappa shape index (κ1) is 16.5. The molecule has 130 valence electrons. The van der Waals surface area contributed by atoms with Crippen molar-refractivity contribution in [1.82, 2.24) is 24.3 Å². The van der Waals surface area contributed by atoms with Crippen LogP contribution in [-0.2, 0) is 13.1 Å². The van der Waals surface area contributed by atoms with Gasteiger partial charge in [-0.3, -0.25) is 4.90 Å². The van der Waals surface area contributed by atoms with E-state index in [1.807, 2.05) is 18.2 Å². The molecule has 0 radical (unpaired) electrons. The Hall–Kier alpha value is -1.95. The smallest absolute Gasteiger partial charge is 0.143 e. The number of imidazole rings is 1. The third-order valence-corrected chi connectivity index (χ3v) is 4.96. The summed E-state index contributed by atoms with van der Waals surface area (Å²) in [5, 5.41) is 0.764. The largest absolute Gasteiger partial charge is 0.348 e. The van der Waals surface area contributed by atoms with Crippen molar-refractivity contribution in [3.05, 3.63) is 59.1 Å². The van der Waals surface area contributed by atoms with E-state index in [0.29, 0.717) is 0 Å². The minimum Gasteiger partial charge on any atom is -0.348 e. The van der Waals surface area contributed by atoms with E-state index in [9.17, 15) is 0 Å². The van der Waals surface area contributed by atoms with E-state index >= 15 is 0 Å². The molecule has 3 aliphatic rings. The summed E-state index contributed by atoms with van der Waals surface area (Å²) < 4.78 is 2.14. The first-order chi connectivity index (χ1) is 12.2. The standard InChI is InChI=1S/C19H22ClN5/c1-23-8-10-24(11-9-23)14-19-21-17-6-7-25(13-18(17)22-19)12-15-2-4-16(20)5-3-15/h2-7,13H,8-12,14H2,1H3. The Balaban J connectivity index is 1.47. The van der Waals surface area contributed by atoms with E-state index in [1.54, 1.807) is 0 Å². The van der Waals surface area contributed by atoms with Crippen LogP contribution < -0.4 is 0 Å². The van der Waals surface area contributed by atoms with Gasteiger partial charge >= 0.3 is 0 Å². The highest BCUT2D eigenvalue weighted by molar-refractivity contribution is 6.30. The second kappa shape index (κ2) is 7.12. The van der Waals surface area contributed by atoms with Crippen molar-refractivity contribution in [3.63, 3.8) is 0 Å². The predicted molar refractivity (Wildman–Crippen MR) is 100.0 cm³/mol. The molecule has 25 heavy (non-hydrogen) atoms. The number of nitrogens with zero attached hydrogens (tertiary/aromatic N) is 5. The summed E-state index contributed by atoms with van der Waals surface area (Å²) in [5.74, 6) is 0.920. The summed E-state index contributed by atoms with van der Waals surface area (Å²) in [6.45, 7) is 6.02. The minimum absolute atomic E-state index is 0.764. The molecule has 0 bridgehead atoms. The van der Waals surface area contributed by atoms with Crippen molar-refractivity contribution >= 4 is 11.6 Å². The number of rotatable bonds is 4. The molecular weight excluding hydrogens is 334 g/mol. The molecule has 0 aromatic heterocycles. The molecule has 3 aliphatic heterocycles. The Bertz CT molecular complexity index is 805. The predicted octanol–water partition coefficient (Wildman–Crippen LogP) is 2.83. The van der Waals surface area contributed by atoms with Crippen molar-refractivity contribution < 1.29 is 0 Å². The zero-order valence-electron chi connectivity index (χ0n) is 14.4. The molecule has 6 heteroatoms. The quantitative estimate of drug-likeness (QED) is 0.721. The molecule has 4 rings (SSSR count). The van der Waals surface area contributed by atoms with Crippen LogP contribution in [0.2, 0.25) is 5.02 Å². The molecule has 0 unspecified atom stereocenters. The maximum absolute atomic E-state index is 5.95. The third kappa shape index (κ3) is 4.00. The zero-order chi connectivity index (χ0) is 17.2. The van der Waals surface area contributed by atoms with Gasteiger partial charge in [0.1, 0.15) is 11.5 Å². The normalized spacial score (nSPS) is 16.6. The molecule has 1 saturated heterocycles. The molecule has 0 atom stereocenters. The molecule has 1 aromatic rings. The molecule has 0 amide bonds. The van der Waals surface area contributed by atoms with Gasteiger partial charge < -0.3 is 9.47 Å². The van der Waals surface area contributed by atoms with Crippen LogP contribution in [0.25, 0.3) is 11.4 Å². The Morgan fingerprint density at radius 2 is 1.64 bits per heavy atom. The number of piperazine rings is 1. The lowest BCUT2D eigenvalue weighted by atomic mass is 10.2. The minimum atomic E-state index is 0.764. The van der Waals surface area contributed by atoms with Crippen LogP contribution in [0.1, 0.15) is 11.4 Å². The van der Waals surface area contributed by atoms with Gasteiger partial charge in [0.05, 0.1) is 12.2 Å². The van der Waals surface area contributed by atoms with E-state index in [4.69, 9.17) is 16.6 Å². The Labute approximate surface area is 153 Å². The van der Waals surface area contributed by atoms with E-state index in [1.165, 1.54) is 5.56 Å². The number of pyridine rings is 1. The van der Waals surface area contributed by atoms with E-state index in [0.717, 1.165) is 61.5 Å². The maximum atomic E-state index is 5.95. The van der Waals surface area contributed by atoms with E-state index < -0.39 is 0 Å². The van der Waals surface area contributed by atoms with Crippen LogP contribution in [0.3, 0.4) is 0 Å². The van der Waals surface area contributed by atoms with Crippen LogP contribution in [0.15, 0.2) is 42.7 Å². The topological polar surface area (TPSA) is 37.2 Å². The van der Waals surface area contributed by atoms with Crippen LogP contribution >= 0.6 is 11.6 Å². The second-order valence-electron chi connectivity index (χ2n) is 6.73. The molecule has 1 fully saturated rings. The average molecular weight is 356 g/mol. The highest BCUT2D eigenvalue weighted by Gasteiger charge is 2.17. The van der Waals surface area contributed by atoms with Gasteiger partial charge in [-0.25, -0.2) is 9.97 Å². The number of likely N-dealkylation sites (N-methyl/N-ethyl adjacent to an activating group) is 1. The highest BCUT2D eigenvalue weighted by Crippen LogP contribution is 2.20. The first-order valence-electron chi connectivity index (χ1n) is 8.63. The van der Waals surface area contributed by atoms with Crippen LogP contribution in [0, 0.1) is 0 Å². The fourth-order valence-corrected chi connectivity index (χ4v) is 3.30. The number of aromatic nitrogens is 3. The van der Waals surface area contributed by atoms with Crippen molar-refractivity contribution in [1.29, 1.82) is 0 Å². The van der Waals surface area contributed by atoms with Gasteiger partial charge in [0.15, 0.2) is 0 Å². The molecule has 1 aromatic carbocycles. The van der Waals surface area contributed by atoms with Crippen LogP contribution in [0.4, 0.5) is 0 Å². The summed E-state index contributed by atoms with van der Waals surface area (Å²) in [7, 11) is 2.17. The van der Waals surface area contributed by atoms with Gasteiger partial charge in [-0.2, -0.15) is 0 Å². The van der Waals surface area contributed by atoms with Gasteiger partial charge in [0, 0.05) is 50.1 Å². The summed E-state index contributed by atoms with van der Waals surface area (Å²) in [5.41, 5.74) is 3.14. The number of halogens is 1. The molecule has 0 N–H and O–H groups in total. The van der Waals surface area contributed by atoms with Gasteiger partial charge in [0.2, 0.25) is 0 Å². The third-order valence-electron chi connectivity index (χ3n) is 4.71. The maximum Gasteiger partial charge on any atom is 0.143 e. The average Bonchev–Trinajstić information content (AvgIpc) is 3.00. The van der Waals surface area contributed by atoms with Crippen molar-refractivity contribution in [2.75, 3.05) is 33.2 Å². The van der Waals surface area contributed by atoms with Crippen molar-refractivity contribution in [2.24, 2.45) is 0 Å². The summed E-state index contributed by atoms with van der Waals surface area (Å²) >= 11 is 5.95. The zero-order valence-corrected chi connectivity index (χ0v) is 15.2. The molecule has 0 spiro atoms. The number of fused-ring (bicyclic) bond motifs is 1. The van der Waals surface area contributed by atoms with Gasteiger partial charge in [-0.1, -0.05) is 23.7 Å². The fraction of sp³-hybridized carbons (Fsp3) is 0.368. The Kier molecular flexibility index (Phi) is 4.70. The Morgan fingerprint density at radius 1 is 0.920 bits per heavy atom. The molecule has 5 nitrogen and oxygen atoms in total. The van der Waals surface area contributed by atoms with Crippen LogP contribution in [-0.4, -0.2) is 57.6 Å². The molecule has 0 aliphatic carbocycles. The van der Waals surface area contributed by atoms with Crippen molar-refractivity contribution in [2.45, 2.75) is 13.1 Å². The van der Waals surface area contributed by atoms with Gasteiger partial charge in [0.25, 0.3) is 0 Å². The molecular formula is C19H22ClN5. The summed E-state index contributed by atoms with van der Waals surface area (Å²) in [6, 6.07) is 9.99. The fourth-order valence-electron chi connectivity index (χ4n) is 3.18. The van der Waals surface area contributed by atoms with E-state index in [-0.39, 0.29) is 0 Å². The summed E-state index contributed by atoms with van der Waals surface area (Å²) in [4.78, 5) is 14.2. The highest BCUT2D eigenvalue weighted by atomic mass is 35.5. The van der Waals surface area contributed by atoms with Gasteiger partial charge in [-0.15, -0.1) is 0 Å². The van der Waals surface area contributed by atoms with Crippen molar-refractivity contribution in [3.8, 4) is 11.4 Å². The SMILES string of the molecule is CN1CCN(Cc2nc3ccn(Cc4ccc(Cl)cc4)cc-3n2)CC1. The lowest BCUT2D eigenvalue weighted by Gasteiger charge is -2.31. The first-order valence-corrected chi connectivity index (χ1v) is 9.01. The molecule has 3 heterocycles. The number of benzene rings is 1. The number of hydrogen-bond acceptors (Lipinski definition) is 4. The lowest BCUT2D eigenvalue weighted by molar-refractivity contribution is 0.146. The second-order valence-corrected chi connectivity index (χ2v) is 7.17. The summed E-state index contributed by atoms with van der Waals surface area (Å²) in [6.07, 6.45) is 4.13. The van der Waals surface area contributed by atoms with Gasteiger partial charge in [-0.05, 0) is 30.8 Å². The molecule has 0 saturated carbocycles. The lowest BCUT2D eigenvalue weighted by Crippen LogP contribution is -2.44. The van der Waals surface area contributed by atoms with Crippen LogP contribution in [0.5, 0.6) is 0 Å². The Morgan fingerprint density at radius 3 is 2.40 bits per heavy atom. The van der Waals surface area contributed by atoms with E-state index in [2.05, 4.69) is 50.9 Å². The monoisotopic (exact) mass is 355 g/mol.